The Kier molecular flexibility index (Phi) is 6.49. The quantitative estimate of drug-likeness (QED) is 0.845. The topological polar surface area (TPSA) is 46.3 Å². The van der Waals surface area contributed by atoms with Crippen molar-refractivity contribution in [1.29, 1.82) is 0 Å². The van der Waals surface area contributed by atoms with Gasteiger partial charge in [-0.25, -0.2) is 0 Å². The Hall–Kier alpha value is -0.280. The molecular weight excluding hydrogens is 236 g/mol. The summed E-state index contributed by atoms with van der Waals surface area (Å²) < 4.78 is 0. The summed E-state index contributed by atoms with van der Waals surface area (Å²) in [5, 5.41) is 0. The highest BCUT2D eigenvalue weighted by atomic mass is 35.5. The van der Waals surface area contributed by atoms with Gasteiger partial charge in [-0.1, -0.05) is 27.7 Å². The number of carbonyl (C=O) groups excluding carboxylic acids is 1. The monoisotopic (exact) mass is 262 g/mol. The van der Waals surface area contributed by atoms with Gasteiger partial charge < -0.3 is 10.6 Å². The maximum atomic E-state index is 12.0. The van der Waals surface area contributed by atoms with Crippen molar-refractivity contribution in [2.75, 3.05) is 19.6 Å². The number of likely N-dealkylation sites (tertiary alicyclic amines) is 1. The Morgan fingerprint density at radius 2 is 2.00 bits per heavy atom. The molecule has 0 bridgehead atoms. The first-order chi connectivity index (χ1) is 7.38. The molecule has 2 atom stereocenters. The zero-order valence-corrected chi connectivity index (χ0v) is 12.3. The molecule has 17 heavy (non-hydrogen) atoms. The van der Waals surface area contributed by atoms with Gasteiger partial charge in [0.15, 0.2) is 0 Å². The molecule has 1 rings (SSSR count). The summed E-state index contributed by atoms with van der Waals surface area (Å²) in [6.45, 7) is 11.1. The van der Waals surface area contributed by atoms with Gasteiger partial charge in [0.2, 0.25) is 5.91 Å². The molecule has 0 spiro atoms. The first kappa shape index (κ1) is 16.7. The van der Waals surface area contributed by atoms with E-state index in [2.05, 4.69) is 27.7 Å². The molecule has 0 aliphatic carbocycles. The molecule has 1 aliphatic rings. The van der Waals surface area contributed by atoms with Crippen LogP contribution in [0.3, 0.4) is 0 Å². The van der Waals surface area contributed by atoms with Crippen molar-refractivity contribution in [3.63, 3.8) is 0 Å². The highest BCUT2D eigenvalue weighted by molar-refractivity contribution is 5.85. The molecule has 2 N–H and O–H groups in total. The van der Waals surface area contributed by atoms with E-state index >= 15 is 0 Å². The summed E-state index contributed by atoms with van der Waals surface area (Å²) in [6, 6.07) is 0. The molecule has 1 amide bonds. The average molecular weight is 263 g/mol. The number of nitrogens with zero attached hydrogens (tertiary/aromatic N) is 1. The number of carbonyl (C=O) groups is 1. The highest BCUT2D eigenvalue weighted by Crippen LogP contribution is 2.29. The summed E-state index contributed by atoms with van der Waals surface area (Å²) >= 11 is 0. The Bertz CT molecular complexity index is 258. The lowest BCUT2D eigenvalue weighted by molar-refractivity contribution is -0.131. The van der Waals surface area contributed by atoms with Crippen LogP contribution in [0.25, 0.3) is 0 Å². The van der Waals surface area contributed by atoms with Crippen LogP contribution in [0.15, 0.2) is 0 Å². The Morgan fingerprint density at radius 3 is 2.41 bits per heavy atom. The van der Waals surface area contributed by atoms with Gasteiger partial charge in [-0.2, -0.15) is 0 Å². The van der Waals surface area contributed by atoms with Crippen molar-refractivity contribution >= 4 is 18.3 Å². The number of amides is 1. The van der Waals surface area contributed by atoms with E-state index in [9.17, 15) is 4.79 Å². The molecule has 3 nitrogen and oxygen atoms in total. The lowest BCUT2D eigenvalue weighted by atomic mass is 9.90. The van der Waals surface area contributed by atoms with Crippen molar-refractivity contribution < 1.29 is 4.79 Å². The summed E-state index contributed by atoms with van der Waals surface area (Å²) in [5.74, 6) is 1.35. The summed E-state index contributed by atoms with van der Waals surface area (Å²) in [5.41, 5.74) is 5.89. The molecule has 0 aromatic heterocycles. The molecule has 0 aromatic carbocycles. The van der Waals surface area contributed by atoms with E-state index in [1.165, 1.54) is 0 Å². The molecule has 1 aliphatic heterocycles. The maximum absolute atomic E-state index is 12.0. The molecular formula is C13H27ClN2O. The lowest BCUT2D eigenvalue weighted by Gasteiger charge is -2.24. The minimum Gasteiger partial charge on any atom is -0.342 e. The number of rotatable bonds is 4. The molecule has 1 saturated heterocycles. The van der Waals surface area contributed by atoms with E-state index in [4.69, 9.17) is 5.73 Å². The van der Waals surface area contributed by atoms with Gasteiger partial charge in [0, 0.05) is 19.5 Å². The van der Waals surface area contributed by atoms with E-state index in [-0.39, 0.29) is 17.8 Å². The average Bonchev–Trinajstić information content (AvgIpc) is 2.62. The standard InChI is InChI=1S/C13H26N2O.ClH/c1-10(2)11(3)7-12(16)15-6-5-13(4,8-14)9-15;/h10-11H,5-9,14H2,1-4H3;1H. The highest BCUT2D eigenvalue weighted by Gasteiger charge is 2.35. The molecule has 2 unspecified atom stereocenters. The van der Waals surface area contributed by atoms with Crippen molar-refractivity contribution in [1.82, 2.24) is 4.90 Å². The van der Waals surface area contributed by atoms with E-state index in [1.807, 2.05) is 4.90 Å². The van der Waals surface area contributed by atoms with Crippen LogP contribution in [-0.2, 0) is 4.79 Å². The van der Waals surface area contributed by atoms with Gasteiger partial charge in [-0.3, -0.25) is 4.79 Å². The lowest BCUT2D eigenvalue weighted by Crippen LogP contribution is -2.35. The van der Waals surface area contributed by atoms with E-state index in [0.29, 0.717) is 30.7 Å². The fourth-order valence-corrected chi connectivity index (χ4v) is 2.04. The van der Waals surface area contributed by atoms with Crippen LogP contribution in [-0.4, -0.2) is 30.4 Å². The Morgan fingerprint density at radius 1 is 1.41 bits per heavy atom. The third kappa shape index (κ3) is 4.47. The van der Waals surface area contributed by atoms with E-state index < -0.39 is 0 Å². The predicted molar refractivity (Wildman–Crippen MR) is 74.2 cm³/mol. The SMILES string of the molecule is CC(C)C(C)CC(=O)N1CCC(C)(CN)C1.Cl. The smallest absolute Gasteiger partial charge is 0.222 e. The van der Waals surface area contributed by atoms with Gasteiger partial charge in [0.25, 0.3) is 0 Å². The van der Waals surface area contributed by atoms with Crippen molar-refractivity contribution in [2.45, 2.75) is 40.5 Å². The second kappa shape index (κ2) is 6.60. The molecule has 0 saturated carbocycles. The number of nitrogens with two attached hydrogens (primary N) is 1. The van der Waals surface area contributed by atoms with Crippen molar-refractivity contribution in [3.05, 3.63) is 0 Å². The normalized spacial score (nSPS) is 25.9. The predicted octanol–water partition coefficient (Wildman–Crippen LogP) is 2.29. The van der Waals surface area contributed by atoms with Gasteiger partial charge >= 0.3 is 0 Å². The summed E-state index contributed by atoms with van der Waals surface area (Å²) in [7, 11) is 0. The molecule has 0 radical (unpaired) electrons. The second-order valence-electron chi connectivity index (χ2n) is 6.01. The molecule has 0 aromatic rings. The van der Waals surface area contributed by atoms with Crippen LogP contribution in [0.1, 0.15) is 40.5 Å². The first-order valence-electron chi connectivity index (χ1n) is 6.36. The van der Waals surface area contributed by atoms with Gasteiger partial charge in [0.1, 0.15) is 0 Å². The third-order valence-corrected chi connectivity index (χ3v) is 4.04. The number of hydrogen-bond acceptors (Lipinski definition) is 2. The largest absolute Gasteiger partial charge is 0.342 e. The van der Waals surface area contributed by atoms with Crippen LogP contribution < -0.4 is 5.73 Å². The molecule has 4 heteroatoms. The Balaban J connectivity index is 0.00000256. The summed E-state index contributed by atoms with van der Waals surface area (Å²) in [6.07, 6.45) is 1.73. The van der Waals surface area contributed by atoms with Gasteiger partial charge in [0.05, 0.1) is 0 Å². The maximum Gasteiger partial charge on any atom is 0.222 e. The fraction of sp³-hybridized carbons (Fsp3) is 0.923. The zero-order chi connectivity index (χ0) is 12.3. The minimum atomic E-state index is 0. The number of halogens is 1. The molecule has 1 fully saturated rings. The minimum absolute atomic E-state index is 0. The van der Waals surface area contributed by atoms with E-state index in [0.717, 1.165) is 19.5 Å². The fourth-order valence-electron chi connectivity index (χ4n) is 2.04. The molecule has 1 heterocycles. The van der Waals surface area contributed by atoms with Gasteiger partial charge in [-0.15, -0.1) is 12.4 Å². The third-order valence-electron chi connectivity index (χ3n) is 4.04. The van der Waals surface area contributed by atoms with Crippen LogP contribution in [0.5, 0.6) is 0 Å². The van der Waals surface area contributed by atoms with Crippen LogP contribution in [0.2, 0.25) is 0 Å². The Labute approximate surface area is 112 Å². The second-order valence-corrected chi connectivity index (χ2v) is 6.01. The summed E-state index contributed by atoms with van der Waals surface area (Å²) in [4.78, 5) is 14.0. The van der Waals surface area contributed by atoms with Crippen LogP contribution in [0, 0.1) is 17.3 Å². The van der Waals surface area contributed by atoms with Gasteiger partial charge in [-0.05, 0) is 30.2 Å². The van der Waals surface area contributed by atoms with Crippen molar-refractivity contribution in [2.24, 2.45) is 23.0 Å². The molecule has 102 valence electrons. The first-order valence-corrected chi connectivity index (χ1v) is 6.36. The van der Waals surface area contributed by atoms with Crippen LogP contribution >= 0.6 is 12.4 Å². The van der Waals surface area contributed by atoms with Crippen LogP contribution in [0.4, 0.5) is 0 Å². The van der Waals surface area contributed by atoms with Crippen molar-refractivity contribution in [3.8, 4) is 0 Å². The number of hydrogen-bond donors (Lipinski definition) is 1. The van der Waals surface area contributed by atoms with E-state index in [1.54, 1.807) is 0 Å². The zero-order valence-electron chi connectivity index (χ0n) is 11.5.